The molecule has 36 heavy (non-hydrogen) atoms. The van der Waals surface area contributed by atoms with Crippen molar-refractivity contribution in [2.45, 2.75) is 33.2 Å². The number of nitrogens with zero attached hydrogens (tertiary/aromatic N) is 2. The number of nitrogens with one attached hydrogen (secondary N) is 2. The summed E-state index contributed by atoms with van der Waals surface area (Å²) in [6, 6.07) is 12.0. The predicted molar refractivity (Wildman–Crippen MR) is 141 cm³/mol. The van der Waals surface area contributed by atoms with E-state index in [4.69, 9.17) is 14.5 Å². The number of esters is 1. The number of allylic oxidation sites excluding steroid dienone is 1. The van der Waals surface area contributed by atoms with Crippen molar-refractivity contribution < 1.29 is 19.1 Å². The molecule has 0 aliphatic carbocycles. The molecule has 4 rings (SSSR count). The number of hydrogen-bond acceptors (Lipinski definition) is 6. The van der Waals surface area contributed by atoms with E-state index in [-0.39, 0.29) is 11.8 Å². The zero-order valence-corrected chi connectivity index (χ0v) is 21.1. The molecule has 1 aromatic carbocycles. The van der Waals surface area contributed by atoms with Gasteiger partial charge in [0.15, 0.2) is 5.69 Å². The third-order valence-electron chi connectivity index (χ3n) is 6.24. The largest absolute Gasteiger partial charge is 0.464 e. The van der Waals surface area contributed by atoms with E-state index in [0.717, 1.165) is 11.3 Å². The molecule has 1 unspecified atom stereocenters. The van der Waals surface area contributed by atoms with Gasteiger partial charge in [0.25, 0.3) is 0 Å². The lowest BCUT2D eigenvalue weighted by Crippen LogP contribution is -2.24. The molecule has 1 fully saturated rings. The number of ether oxygens (including phenoxy) is 2. The maximum atomic E-state index is 13.1. The maximum Gasteiger partial charge on any atom is 0.356 e. The lowest BCUT2D eigenvalue weighted by atomic mass is 10.1. The van der Waals surface area contributed by atoms with Gasteiger partial charge in [-0.2, -0.15) is 0 Å². The summed E-state index contributed by atoms with van der Waals surface area (Å²) in [4.78, 5) is 30.8. The summed E-state index contributed by atoms with van der Waals surface area (Å²) in [6.45, 7) is 6.33. The van der Waals surface area contributed by atoms with E-state index in [1.807, 2.05) is 41.0 Å². The number of fused-ring (bicyclic) bond motifs is 1. The fourth-order valence-electron chi connectivity index (χ4n) is 4.34. The van der Waals surface area contributed by atoms with Crippen molar-refractivity contribution in [2.24, 2.45) is 11.8 Å². The van der Waals surface area contributed by atoms with Crippen molar-refractivity contribution in [1.82, 2.24) is 9.55 Å². The number of methoxy groups -OCH3 is 1. The van der Waals surface area contributed by atoms with Crippen molar-refractivity contribution in [3.8, 4) is 0 Å². The van der Waals surface area contributed by atoms with Crippen molar-refractivity contribution in [2.75, 3.05) is 37.5 Å². The van der Waals surface area contributed by atoms with Crippen LogP contribution >= 0.6 is 0 Å². The first-order valence-corrected chi connectivity index (χ1v) is 12.4. The first-order valence-electron chi connectivity index (χ1n) is 12.4. The Hall–Kier alpha value is -3.65. The van der Waals surface area contributed by atoms with E-state index in [9.17, 15) is 9.59 Å². The number of amides is 1. The second kappa shape index (κ2) is 11.9. The maximum absolute atomic E-state index is 13.1. The van der Waals surface area contributed by atoms with Crippen LogP contribution in [-0.2, 0) is 27.2 Å². The van der Waals surface area contributed by atoms with Crippen LogP contribution in [0.3, 0.4) is 0 Å². The lowest BCUT2D eigenvalue weighted by Gasteiger charge is -2.12. The minimum atomic E-state index is -0.520. The molecule has 8 heteroatoms. The molecule has 1 aliphatic heterocycles. The smallest absolute Gasteiger partial charge is 0.356 e. The number of carbonyl (C=O) groups is 2. The van der Waals surface area contributed by atoms with Gasteiger partial charge in [-0.3, -0.25) is 4.79 Å². The molecule has 8 nitrogen and oxygen atoms in total. The van der Waals surface area contributed by atoms with Crippen molar-refractivity contribution >= 4 is 34.3 Å². The van der Waals surface area contributed by atoms with Crippen LogP contribution < -0.4 is 10.6 Å². The summed E-state index contributed by atoms with van der Waals surface area (Å²) in [5, 5.41) is 7.05. The average molecular weight is 491 g/mol. The summed E-state index contributed by atoms with van der Waals surface area (Å²) < 4.78 is 12.4. The van der Waals surface area contributed by atoms with E-state index in [1.165, 1.54) is 7.11 Å². The highest BCUT2D eigenvalue weighted by Gasteiger charge is 2.29. The van der Waals surface area contributed by atoms with Crippen molar-refractivity contribution in [1.29, 1.82) is 0 Å². The highest BCUT2D eigenvalue weighted by molar-refractivity contribution is 6.11. The van der Waals surface area contributed by atoms with Crippen LogP contribution in [0.25, 0.3) is 11.0 Å². The predicted octanol–water partition coefficient (Wildman–Crippen LogP) is 4.66. The molecule has 1 aliphatic rings. The highest BCUT2D eigenvalue weighted by atomic mass is 16.5. The molecule has 0 saturated carbocycles. The molecule has 1 amide bonds. The summed E-state index contributed by atoms with van der Waals surface area (Å²) >= 11 is 0. The van der Waals surface area contributed by atoms with Crippen LogP contribution in [0.1, 0.15) is 36.3 Å². The van der Waals surface area contributed by atoms with Crippen molar-refractivity contribution in [3.63, 3.8) is 0 Å². The topological polar surface area (TPSA) is 94.5 Å². The minimum absolute atomic E-state index is 0.169. The molecule has 3 heterocycles. The van der Waals surface area contributed by atoms with Gasteiger partial charge in [-0.05, 0) is 30.4 Å². The fraction of sp³-hybridized carbons (Fsp3) is 0.393. The Kier molecular flexibility index (Phi) is 8.38. The Balaban J connectivity index is 1.74. The SMILES string of the molecule is COC(=O)c1c(NC(=O)C2CCOC2)c2cc(NCC=CC(C)C)cnc2n1CCc1ccccc1. The van der Waals surface area contributed by atoms with Crippen LogP contribution in [0.2, 0.25) is 0 Å². The quantitative estimate of drug-likeness (QED) is 0.317. The molecule has 190 valence electrons. The molecule has 2 N–H and O–H groups in total. The Bertz CT molecular complexity index is 1230. The number of rotatable bonds is 10. The lowest BCUT2D eigenvalue weighted by molar-refractivity contribution is -0.119. The van der Waals surface area contributed by atoms with Gasteiger partial charge in [-0.1, -0.05) is 56.3 Å². The molecule has 0 bridgehead atoms. The number of benzene rings is 1. The fourth-order valence-corrected chi connectivity index (χ4v) is 4.34. The Morgan fingerprint density at radius 1 is 1.28 bits per heavy atom. The number of hydrogen-bond donors (Lipinski definition) is 2. The van der Waals surface area contributed by atoms with E-state index >= 15 is 0 Å². The van der Waals surface area contributed by atoms with Crippen LogP contribution in [0.15, 0.2) is 54.7 Å². The Morgan fingerprint density at radius 3 is 2.78 bits per heavy atom. The van der Waals surface area contributed by atoms with Gasteiger partial charge in [0, 0.05) is 25.1 Å². The molecule has 0 spiro atoms. The molecule has 3 aromatic rings. The number of pyridine rings is 1. The summed E-state index contributed by atoms with van der Waals surface area (Å²) in [6.07, 6.45) is 7.30. The first-order chi connectivity index (χ1) is 17.5. The third kappa shape index (κ3) is 5.94. The highest BCUT2D eigenvalue weighted by Crippen LogP contribution is 2.33. The van der Waals surface area contributed by atoms with Crippen LogP contribution in [0.4, 0.5) is 11.4 Å². The standard InChI is InChI=1S/C28H34N4O4/c1-19(2)8-7-13-29-22-16-23-24(31-27(33)21-12-15-36-18-21)25(28(34)35-3)32(26(23)30-17-22)14-11-20-9-5-4-6-10-20/h4-10,16-17,19,21,29H,11-15,18H2,1-3H3,(H,31,33). The monoisotopic (exact) mass is 490 g/mol. The average Bonchev–Trinajstić information content (AvgIpc) is 3.52. The normalized spacial score (nSPS) is 15.6. The third-order valence-corrected chi connectivity index (χ3v) is 6.24. The molecular weight excluding hydrogens is 456 g/mol. The number of aryl methyl sites for hydroxylation is 2. The van der Waals surface area contributed by atoms with E-state index in [1.54, 1.807) is 6.20 Å². The van der Waals surface area contributed by atoms with Gasteiger partial charge in [-0.15, -0.1) is 0 Å². The van der Waals surface area contributed by atoms with Gasteiger partial charge < -0.3 is 24.7 Å². The van der Waals surface area contributed by atoms with Crippen LogP contribution in [0.5, 0.6) is 0 Å². The van der Waals surface area contributed by atoms with E-state index in [0.29, 0.717) is 67.5 Å². The molecular formula is C28H34N4O4. The number of aromatic nitrogens is 2. The summed E-state index contributed by atoms with van der Waals surface area (Å²) in [5.74, 6) is -0.477. The molecule has 1 saturated heterocycles. The second-order valence-electron chi connectivity index (χ2n) is 9.30. The van der Waals surface area contributed by atoms with Gasteiger partial charge in [0.1, 0.15) is 5.65 Å². The first kappa shape index (κ1) is 25.4. The Labute approximate surface area is 211 Å². The van der Waals surface area contributed by atoms with Crippen LogP contribution in [0, 0.1) is 11.8 Å². The zero-order chi connectivity index (χ0) is 25.5. The van der Waals surface area contributed by atoms with Gasteiger partial charge >= 0.3 is 5.97 Å². The number of carbonyl (C=O) groups excluding carboxylic acids is 2. The summed E-state index contributed by atoms with van der Waals surface area (Å²) in [7, 11) is 1.35. The van der Waals surface area contributed by atoms with E-state index < -0.39 is 5.97 Å². The zero-order valence-electron chi connectivity index (χ0n) is 21.1. The van der Waals surface area contributed by atoms with Crippen LogP contribution in [-0.4, -0.2) is 48.3 Å². The molecule has 2 aromatic heterocycles. The number of anilines is 2. The van der Waals surface area contributed by atoms with Crippen molar-refractivity contribution in [3.05, 3.63) is 66.0 Å². The molecule has 1 atom stereocenters. The summed E-state index contributed by atoms with van der Waals surface area (Å²) in [5.41, 5.74) is 3.27. The molecule has 0 radical (unpaired) electrons. The van der Waals surface area contributed by atoms with Gasteiger partial charge in [0.05, 0.1) is 37.2 Å². The van der Waals surface area contributed by atoms with Gasteiger partial charge in [-0.25, -0.2) is 9.78 Å². The second-order valence-corrected chi connectivity index (χ2v) is 9.30. The minimum Gasteiger partial charge on any atom is -0.464 e. The Morgan fingerprint density at radius 2 is 2.08 bits per heavy atom. The van der Waals surface area contributed by atoms with E-state index in [2.05, 4.69) is 36.6 Å². The van der Waals surface area contributed by atoms with Gasteiger partial charge in [0.2, 0.25) is 5.91 Å².